The van der Waals surface area contributed by atoms with Crippen molar-refractivity contribution in [1.82, 2.24) is 0 Å². The number of carbonyl (C=O) groups excluding carboxylic acids is 2. The average Bonchev–Trinajstić information content (AvgIpc) is 2.62. The molecule has 2 nitrogen and oxygen atoms in total. The summed E-state index contributed by atoms with van der Waals surface area (Å²) < 4.78 is 0. The van der Waals surface area contributed by atoms with Crippen LogP contribution in [0, 0.1) is 5.92 Å². The van der Waals surface area contributed by atoms with Crippen LogP contribution in [0.5, 0.6) is 0 Å². The van der Waals surface area contributed by atoms with Gasteiger partial charge in [-0.3, -0.25) is 9.59 Å². The highest BCUT2D eigenvalue weighted by Gasteiger charge is 2.15. The molecule has 0 aliphatic carbocycles. The Morgan fingerprint density at radius 1 is 0.760 bits per heavy atom. The molecule has 0 amide bonds. The molecule has 0 spiro atoms. The van der Waals surface area contributed by atoms with Crippen molar-refractivity contribution in [3.63, 3.8) is 0 Å². The Balaban J connectivity index is 3.66. The monoisotopic (exact) mass is 349 g/mol. The van der Waals surface area contributed by atoms with Crippen LogP contribution in [-0.4, -0.2) is 12.1 Å². The lowest BCUT2D eigenvalue weighted by Crippen LogP contribution is -2.13. The van der Waals surface area contributed by atoms with Gasteiger partial charge in [0.05, 0.1) is 5.92 Å². The summed E-state index contributed by atoms with van der Waals surface area (Å²) in [5.41, 5.74) is 0. The molecule has 0 saturated heterocycles. The van der Waals surface area contributed by atoms with E-state index in [2.05, 4.69) is 13.8 Å². The van der Waals surface area contributed by atoms with Crippen LogP contribution in [0.25, 0.3) is 0 Å². The number of unbranched alkanes of at least 4 members (excludes halogenated alkanes) is 13. The standard InChI is InChI=1S/C23H41O2/c1-3-5-7-9-11-13-15-17-19-22(21-24)23(25)20-18-16-14-12-10-8-6-4-2/h18,20,22H,3-17,19H2,1-2H3. The maximum atomic E-state index is 12.0. The minimum absolute atomic E-state index is 0.0519. The molecule has 1 atom stereocenters. The second-order valence-electron chi connectivity index (χ2n) is 7.30. The Morgan fingerprint density at radius 3 is 1.76 bits per heavy atom. The van der Waals surface area contributed by atoms with Gasteiger partial charge in [0, 0.05) is 0 Å². The quantitative estimate of drug-likeness (QED) is 0.141. The fourth-order valence-electron chi connectivity index (χ4n) is 3.10. The van der Waals surface area contributed by atoms with Crippen LogP contribution >= 0.6 is 0 Å². The number of ketones is 1. The average molecular weight is 350 g/mol. The maximum Gasteiger partial charge on any atom is 0.209 e. The van der Waals surface area contributed by atoms with Gasteiger partial charge in [-0.05, 0) is 25.3 Å². The first-order chi connectivity index (χ1) is 12.3. The molecular weight excluding hydrogens is 308 g/mol. The number of hydrogen-bond donors (Lipinski definition) is 0. The van der Waals surface area contributed by atoms with Crippen molar-refractivity contribution >= 4 is 12.1 Å². The van der Waals surface area contributed by atoms with Gasteiger partial charge in [0.2, 0.25) is 6.29 Å². The lowest BCUT2D eigenvalue weighted by Gasteiger charge is -2.06. The lowest BCUT2D eigenvalue weighted by molar-refractivity contribution is -0.116. The molecule has 145 valence electrons. The number of carbonyl (C=O) groups is 1. The van der Waals surface area contributed by atoms with E-state index in [0.717, 1.165) is 25.7 Å². The van der Waals surface area contributed by atoms with Crippen LogP contribution in [0.1, 0.15) is 117 Å². The summed E-state index contributed by atoms with van der Waals surface area (Å²) in [5.74, 6) is -0.593. The van der Waals surface area contributed by atoms with Gasteiger partial charge < -0.3 is 0 Å². The topological polar surface area (TPSA) is 34.1 Å². The van der Waals surface area contributed by atoms with E-state index in [9.17, 15) is 9.59 Å². The van der Waals surface area contributed by atoms with E-state index in [0.29, 0.717) is 6.42 Å². The summed E-state index contributed by atoms with van der Waals surface area (Å²) in [7, 11) is 0. The van der Waals surface area contributed by atoms with E-state index >= 15 is 0 Å². The van der Waals surface area contributed by atoms with Crippen molar-refractivity contribution in [2.45, 2.75) is 117 Å². The Labute approximate surface area is 156 Å². The van der Waals surface area contributed by atoms with Crippen molar-refractivity contribution in [2.75, 3.05) is 0 Å². The SMILES string of the molecule is CCCCCCCCC=CC(=O)C([C]=O)CCCCCCCCCC. The molecule has 2 heteroatoms. The van der Waals surface area contributed by atoms with Crippen molar-refractivity contribution in [3.8, 4) is 0 Å². The van der Waals surface area contributed by atoms with Gasteiger partial charge in [-0.25, -0.2) is 0 Å². The fraction of sp³-hybridized carbons (Fsp3) is 0.826. The lowest BCUT2D eigenvalue weighted by atomic mass is 9.96. The number of rotatable bonds is 19. The molecular formula is C23H41O2. The van der Waals surface area contributed by atoms with Crippen LogP contribution in [0.15, 0.2) is 12.2 Å². The first-order valence-electron chi connectivity index (χ1n) is 10.8. The molecule has 0 aliphatic rings. The first kappa shape index (κ1) is 24.1. The summed E-state index contributed by atoms with van der Waals surface area (Å²) in [5, 5.41) is 0. The van der Waals surface area contributed by atoms with E-state index in [1.54, 1.807) is 6.08 Å². The summed E-state index contributed by atoms with van der Waals surface area (Å²) >= 11 is 0. The smallest absolute Gasteiger partial charge is 0.209 e. The van der Waals surface area contributed by atoms with Crippen LogP contribution < -0.4 is 0 Å². The first-order valence-corrected chi connectivity index (χ1v) is 10.8. The van der Waals surface area contributed by atoms with E-state index < -0.39 is 5.92 Å². The molecule has 0 aromatic rings. The van der Waals surface area contributed by atoms with Crippen molar-refractivity contribution in [1.29, 1.82) is 0 Å². The van der Waals surface area contributed by atoms with Crippen LogP contribution in [-0.2, 0) is 9.59 Å². The Bertz CT molecular complexity index is 333. The van der Waals surface area contributed by atoms with Crippen LogP contribution in [0.2, 0.25) is 0 Å². The molecule has 1 unspecified atom stereocenters. The molecule has 0 fully saturated rings. The van der Waals surface area contributed by atoms with Crippen molar-refractivity contribution in [3.05, 3.63) is 12.2 Å². The molecule has 0 heterocycles. The molecule has 0 bridgehead atoms. The zero-order valence-corrected chi connectivity index (χ0v) is 16.9. The van der Waals surface area contributed by atoms with E-state index in [1.807, 2.05) is 12.4 Å². The zero-order chi connectivity index (χ0) is 18.6. The second kappa shape index (κ2) is 19.4. The van der Waals surface area contributed by atoms with Gasteiger partial charge >= 0.3 is 0 Å². The zero-order valence-electron chi connectivity index (χ0n) is 16.9. The molecule has 0 aliphatic heterocycles. The Kier molecular flexibility index (Phi) is 18.7. The minimum atomic E-state index is -0.541. The Hall–Kier alpha value is -0.920. The third-order valence-electron chi connectivity index (χ3n) is 4.84. The largest absolute Gasteiger partial charge is 0.294 e. The van der Waals surface area contributed by atoms with Crippen LogP contribution in [0.3, 0.4) is 0 Å². The van der Waals surface area contributed by atoms with Gasteiger partial charge in [-0.2, -0.15) is 0 Å². The Morgan fingerprint density at radius 2 is 1.24 bits per heavy atom. The summed E-state index contributed by atoms with van der Waals surface area (Å²) in [6.07, 6.45) is 24.6. The van der Waals surface area contributed by atoms with Crippen LogP contribution in [0.4, 0.5) is 0 Å². The highest BCUT2D eigenvalue weighted by atomic mass is 16.1. The predicted octanol–water partition coefficient (Wildman–Crippen LogP) is 7.12. The highest BCUT2D eigenvalue weighted by Crippen LogP contribution is 2.14. The predicted molar refractivity (Wildman–Crippen MR) is 109 cm³/mol. The molecule has 0 aromatic heterocycles. The van der Waals surface area contributed by atoms with E-state index in [1.165, 1.54) is 70.6 Å². The molecule has 25 heavy (non-hydrogen) atoms. The number of hydrogen-bond acceptors (Lipinski definition) is 2. The minimum Gasteiger partial charge on any atom is -0.294 e. The molecule has 1 radical (unpaired) electrons. The van der Waals surface area contributed by atoms with Gasteiger partial charge in [-0.15, -0.1) is 0 Å². The molecule has 0 saturated carbocycles. The fourth-order valence-corrected chi connectivity index (χ4v) is 3.10. The third kappa shape index (κ3) is 16.3. The molecule has 0 aromatic carbocycles. The van der Waals surface area contributed by atoms with Crippen molar-refractivity contribution in [2.24, 2.45) is 5.92 Å². The number of allylic oxidation sites excluding steroid dienone is 2. The maximum absolute atomic E-state index is 12.0. The second-order valence-corrected chi connectivity index (χ2v) is 7.30. The molecule has 0 rings (SSSR count). The highest BCUT2D eigenvalue weighted by molar-refractivity contribution is 6.00. The summed E-state index contributed by atoms with van der Waals surface area (Å²) in [6, 6.07) is 0. The van der Waals surface area contributed by atoms with Gasteiger partial charge in [-0.1, -0.05) is 103 Å². The summed E-state index contributed by atoms with van der Waals surface area (Å²) in [6.45, 7) is 4.46. The van der Waals surface area contributed by atoms with Crippen molar-refractivity contribution < 1.29 is 9.59 Å². The van der Waals surface area contributed by atoms with E-state index in [4.69, 9.17) is 0 Å². The van der Waals surface area contributed by atoms with Gasteiger partial charge in [0.15, 0.2) is 5.78 Å². The normalized spacial score (nSPS) is 12.6. The van der Waals surface area contributed by atoms with E-state index in [-0.39, 0.29) is 5.78 Å². The van der Waals surface area contributed by atoms with Gasteiger partial charge in [0.25, 0.3) is 0 Å². The van der Waals surface area contributed by atoms with Gasteiger partial charge in [0.1, 0.15) is 0 Å². The third-order valence-corrected chi connectivity index (χ3v) is 4.84. The summed E-state index contributed by atoms with van der Waals surface area (Å²) in [4.78, 5) is 23.1. The molecule has 0 N–H and O–H groups in total.